The van der Waals surface area contributed by atoms with Gasteiger partial charge in [0, 0.05) is 12.8 Å². The van der Waals surface area contributed by atoms with Crippen molar-refractivity contribution in [2.75, 3.05) is 0 Å². The van der Waals surface area contributed by atoms with Crippen molar-refractivity contribution < 1.29 is 19.1 Å². The molecule has 0 N–H and O–H groups in total. The lowest BCUT2D eigenvalue weighted by Gasteiger charge is -2.14. The normalized spacial score (nSPS) is 12.9. The first-order valence-corrected chi connectivity index (χ1v) is 15.9. The Morgan fingerprint density at radius 2 is 0.722 bits per heavy atom. The quantitative estimate of drug-likeness (QED) is 0.0814. The predicted molar refractivity (Wildman–Crippen MR) is 153 cm³/mol. The van der Waals surface area contributed by atoms with E-state index in [1.165, 1.54) is 103 Å². The maximum Gasteiger partial charge on any atom is 0.306 e. The van der Waals surface area contributed by atoms with Crippen LogP contribution < -0.4 is 0 Å². The van der Waals surface area contributed by atoms with Gasteiger partial charge < -0.3 is 9.47 Å². The van der Waals surface area contributed by atoms with Gasteiger partial charge >= 0.3 is 11.9 Å². The van der Waals surface area contributed by atoms with Gasteiger partial charge in [-0.1, -0.05) is 117 Å². The summed E-state index contributed by atoms with van der Waals surface area (Å²) in [5.74, 6) is -0.268. The molecule has 0 aromatic heterocycles. The van der Waals surface area contributed by atoms with Crippen molar-refractivity contribution >= 4 is 11.9 Å². The molecule has 0 aliphatic carbocycles. The van der Waals surface area contributed by atoms with Crippen molar-refractivity contribution in [2.24, 2.45) is 0 Å². The van der Waals surface area contributed by atoms with Crippen molar-refractivity contribution in [3.05, 3.63) is 0 Å². The number of hydrogen-bond acceptors (Lipinski definition) is 4. The molecule has 36 heavy (non-hydrogen) atoms. The fraction of sp³-hybridized carbons (Fsp3) is 0.938. The van der Waals surface area contributed by atoms with Crippen LogP contribution >= 0.6 is 0 Å². The molecule has 0 rings (SSSR count). The van der Waals surface area contributed by atoms with E-state index in [0.717, 1.165) is 25.7 Å². The largest absolute Gasteiger partial charge is 0.463 e. The molecule has 2 unspecified atom stereocenters. The van der Waals surface area contributed by atoms with Crippen molar-refractivity contribution in [3.63, 3.8) is 0 Å². The summed E-state index contributed by atoms with van der Waals surface area (Å²) in [5, 5.41) is 0. The zero-order valence-electron chi connectivity index (χ0n) is 24.8. The van der Waals surface area contributed by atoms with Gasteiger partial charge in [0.25, 0.3) is 0 Å². The summed E-state index contributed by atoms with van der Waals surface area (Å²) in [4.78, 5) is 24.1. The van der Waals surface area contributed by atoms with E-state index < -0.39 is 0 Å². The van der Waals surface area contributed by atoms with E-state index in [-0.39, 0.29) is 24.1 Å². The fourth-order valence-corrected chi connectivity index (χ4v) is 4.71. The molecule has 0 heterocycles. The second-order valence-corrected chi connectivity index (χ2v) is 11.0. The summed E-state index contributed by atoms with van der Waals surface area (Å²) in [6.45, 7) is 8.50. The van der Waals surface area contributed by atoms with Gasteiger partial charge in [0.15, 0.2) is 0 Å². The summed E-state index contributed by atoms with van der Waals surface area (Å²) in [6, 6.07) is 0. The van der Waals surface area contributed by atoms with Crippen LogP contribution in [-0.2, 0) is 19.1 Å². The third kappa shape index (κ3) is 26.0. The first kappa shape index (κ1) is 34.9. The van der Waals surface area contributed by atoms with Crippen molar-refractivity contribution in [2.45, 2.75) is 194 Å². The minimum absolute atomic E-state index is 0.00562. The highest BCUT2D eigenvalue weighted by atomic mass is 16.5. The number of carbonyl (C=O) groups excluding carboxylic acids is 2. The van der Waals surface area contributed by atoms with Crippen LogP contribution in [0.5, 0.6) is 0 Å². The van der Waals surface area contributed by atoms with Crippen LogP contribution in [0, 0.1) is 0 Å². The van der Waals surface area contributed by atoms with Gasteiger partial charge in [0.2, 0.25) is 0 Å². The van der Waals surface area contributed by atoms with Gasteiger partial charge in [-0.2, -0.15) is 0 Å². The maximum atomic E-state index is 12.1. The van der Waals surface area contributed by atoms with Gasteiger partial charge in [-0.25, -0.2) is 0 Å². The molecule has 0 saturated heterocycles. The Morgan fingerprint density at radius 3 is 1.03 bits per heavy atom. The van der Waals surface area contributed by atoms with Gasteiger partial charge in [-0.3, -0.25) is 9.59 Å². The summed E-state index contributed by atoms with van der Waals surface area (Å²) >= 11 is 0. The molecule has 0 fully saturated rings. The number of ether oxygens (including phenoxy) is 2. The molecule has 4 nitrogen and oxygen atoms in total. The number of carbonyl (C=O) groups is 2. The van der Waals surface area contributed by atoms with Crippen molar-refractivity contribution in [1.29, 1.82) is 0 Å². The van der Waals surface area contributed by atoms with Crippen molar-refractivity contribution in [1.82, 2.24) is 0 Å². The molecule has 0 radical (unpaired) electrons. The third-order valence-corrected chi connectivity index (χ3v) is 7.11. The van der Waals surface area contributed by atoms with E-state index in [0.29, 0.717) is 25.7 Å². The van der Waals surface area contributed by atoms with E-state index in [9.17, 15) is 9.59 Å². The number of rotatable bonds is 27. The smallest absolute Gasteiger partial charge is 0.306 e. The van der Waals surface area contributed by atoms with E-state index >= 15 is 0 Å². The Morgan fingerprint density at radius 1 is 0.444 bits per heavy atom. The minimum Gasteiger partial charge on any atom is -0.463 e. The first-order chi connectivity index (χ1) is 17.5. The topological polar surface area (TPSA) is 52.6 Å². The average molecular weight is 511 g/mol. The predicted octanol–water partition coefficient (Wildman–Crippen LogP) is 10.3. The van der Waals surface area contributed by atoms with Crippen LogP contribution in [0.2, 0.25) is 0 Å². The van der Waals surface area contributed by atoms with Gasteiger partial charge in [0.1, 0.15) is 0 Å². The van der Waals surface area contributed by atoms with E-state index in [1.807, 2.05) is 13.8 Å². The number of hydrogen-bond donors (Lipinski definition) is 0. The zero-order chi connectivity index (χ0) is 26.7. The van der Waals surface area contributed by atoms with Crippen LogP contribution in [0.3, 0.4) is 0 Å². The fourth-order valence-electron chi connectivity index (χ4n) is 4.71. The highest BCUT2D eigenvalue weighted by Crippen LogP contribution is 2.15. The molecule has 0 aromatic carbocycles. The Kier molecular flexibility index (Phi) is 26.2. The molecule has 0 aromatic rings. The lowest BCUT2D eigenvalue weighted by atomic mass is 10.1. The van der Waals surface area contributed by atoms with Crippen LogP contribution in [-0.4, -0.2) is 24.1 Å². The molecular weight excluding hydrogens is 448 g/mol. The molecule has 0 amide bonds. The SMILES string of the molecule is CCCCCCCCCCCC(C)OC(=O)CCCCC(=O)OC(C)CCCCCCCCCCC. The molecule has 0 spiro atoms. The molecular formula is C32H62O4. The maximum absolute atomic E-state index is 12.1. The highest BCUT2D eigenvalue weighted by Gasteiger charge is 2.12. The minimum atomic E-state index is -0.134. The van der Waals surface area contributed by atoms with Crippen LogP contribution in [0.15, 0.2) is 0 Å². The van der Waals surface area contributed by atoms with Crippen LogP contribution in [0.1, 0.15) is 182 Å². The van der Waals surface area contributed by atoms with Crippen molar-refractivity contribution in [3.8, 4) is 0 Å². The second-order valence-electron chi connectivity index (χ2n) is 11.0. The first-order valence-electron chi connectivity index (χ1n) is 15.9. The van der Waals surface area contributed by atoms with Crippen LogP contribution in [0.25, 0.3) is 0 Å². The standard InChI is InChI=1S/C32H62O4/c1-5-7-9-11-13-15-17-19-21-25-29(3)35-31(33)27-23-24-28-32(34)36-30(4)26-22-20-18-16-14-12-10-8-6-2/h29-30H,5-28H2,1-4H3. The molecule has 0 bridgehead atoms. The Hall–Kier alpha value is -1.06. The Labute approximate surface area is 225 Å². The third-order valence-electron chi connectivity index (χ3n) is 7.11. The molecule has 0 aliphatic heterocycles. The average Bonchev–Trinajstić information content (AvgIpc) is 2.84. The summed E-state index contributed by atoms with van der Waals surface area (Å²) in [5.41, 5.74) is 0. The van der Waals surface area contributed by atoms with Gasteiger partial charge in [-0.05, 0) is 52.4 Å². The Balaban J connectivity index is 3.54. The zero-order valence-corrected chi connectivity index (χ0v) is 24.8. The van der Waals surface area contributed by atoms with E-state index in [1.54, 1.807) is 0 Å². The van der Waals surface area contributed by atoms with Gasteiger partial charge in [0.05, 0.1) is 12.2 Å². The summed E-state index contributed by atoms with van der Waals surface area (Å²) < 4.78 is 11.1. The monoisotopic (exact) mass is 510 g/mol. The highest BCUT2D eigenvalue weighted by molar-refractivity contribution is 5.70. The summed E-state index contributed by atoms with van der Waals surface area (Å²) in [6.07, 6.45) is 27.6. The molecule has 0 aliphatic rings. The molecule has 2 atom stereocenters. The molecule has 4 heteroatoms. The van der Waals surface area contributed by atoms with Crippen LogP contribution in [0.4, 0.5) is 0 Å². The van der Waals surface area contributed by atoms with E-state index in [4.69, 9.17) is 9.47 Å². The number of unbranched alkanes of at least 4 members (excludes halogenated alkanes) is 17. The number of esters is 2. The molecule has 0 saturated carbocycles. The van der Waals surface area contributed by atoms with Gasteiger partial charge in [-0.15, -0.1) is 0 Å². The Bertz CT molecular complexity index is 447. The summed E-state index contributed by atoms with van der Waals surface area (Å²) in [7, 11) is 0. The van der Waals surface area contributed by atoms with E-state index in [2.05, 4.69) is 13.8 Å². The lowest BCUT2D eigenvalue weighted by Crippen LogP contribution is -2.16. The lowest BCUT2D eigenvalue weighted by molar-refractivity contribution is -0.151. The molecule has 214 valence electrons. The second kappa shape index (κ2) is 27.0.